The maximum absolute atomic E-state index is 13.7. The van der Waals surface area contributed by atoms with Crippen LogP contribution in [0.15, 0.2) is 41.5 Å². The van der Waals surface area contributed by atoms with Gasteiger partial charge in [0.1, 0.15) is 12.4 Å². The van der Waals surface area contributed by atoms with E-state index < -0.39 is 28.3 Å². The van der Waals surface area contributed by atoms with Crippen LogP contribution in [0.3, 0.4) is 0 Å². The van der Waals surface area contributed by atoms with Crippen LogP contribution in [0.25, 0.3) is 0 Å². The maximum Gasteiger partial charge on any atom is 0.260 e. The first-order valence-electron chi connectivity index (χ1n) is 7.91. The lowest BCUT2D eigenvalue weighted by molar-refractivity contribution is -0.119. The van der Waals surface area contributed by atoms with Crippen molar-refractivity contribution in [3.05, 3.63) is 63.9 Å². The molecule has 0 saturated carbocycles. The minimum absolute atomic E-state index is 0.0222. The number of anilines is 1. The van der Waals surface area contributed by atoms with Gasteiger partial charge in [-0.05, 0) is 43.2 Å². The van der Waals surface area contributed by atoms with Crippen molar-refractivity contribution in [1.82, 2.24) is 5.43 Å². The average Bonchev–Trinajstić information content (AvgIpc) is 2.57. The van der Waals surface area contributed by atoms with Crippen molar-refractivity contribution in [1.29, 1.82) is 0 Å². The van der Waals surface area contributed by atoms with E-state index >= 15 is 0 Å². The number of amides is 1. The predicted molar refractivity (Wildman–Crippen MR) is 105 cm³/mol. The van der Waals surface area contributed by atoms with E-state index in [-0.39, 0.29) is 10.6 Å². The van der Waals surface area contributed by atoms with E-state index in [9.17, 15) is 17.6 Å². The first-order valence-corrected chi connectivity index (χ1v) is 10.1. The lowest BCUT2D eigenvalue weighted by atomic mass is 10.1. The van der Waals surface area contributed by atoms with Gasteiger partial charge in [0.15, 0.2) is 0 Å². The number of carbonyl (C=O) groups is 1. The third kappa shape index (κ3) is 5.27. The molecular weight excluding hydrogens is 393 g/mol. The van der Waals surface area contributed by atoms with Crippen LogP contribution < -0.4 is 9.73 Å². The van der Waals surface area contributed by atoms with Crippen LogP contribution in [0.5, 0.6) is 0 Å². The summed E-state index contributed by atoms with van der Waals surface area (Å²) in [6, 6.07) is 9.33. The number of aryl methyl sites for hydroxylation is 1. The molecule has 0 aliphatic rings. The first kappa shape index (κ1) is 20.9. The molecule has 144 valence electrons. The number of hydrogen-bond acceptors (Lipinski definition) is 4. The summed E-state index contributed by atoms with van der Waals surface area (Å²) >= 11 is 5.87. The van der Waals surface area contributed by atoms with Gasteiger partial charge < -0.3 is 0 Å². The van der Waals surface area contributed by atoms with E-state index in [1.54, 1.807) is 19.1 Å². The highest BCUT2D eigenvalue weighted by atomic mass is 35.5. The Bertz CT molecular complexity index is 973. The van der Waals surface area contributed by atoms with Gasteiger partial charge in [0.05, 0.1) is 23.2 Å². The summed E-state index contributed by atoms with van der Waals surface area (Å²) in [5, 5.41) is 3.80. The molecule has 0 bridgehead atoms. The number of sulfonamides is 1. The summed E-state index contributed by atoms with van der Waals surface area (Å²) in [7, 11) is -3.70. The van der Waals surface area contributed by atoms with Crippen LogP contribution in [0.1, 0.15) is 16.7 Å². The van der Waals surface area contributed by atoms with Crippen molar-refractivity contribution in [2.45, 2.75) is 13.8 Å². The van der Waals surface area contributed by atoms with Crippen molar-refractivity contribution in [3.8, 4) is 0 Å². The number of carbonyl (C=O) groups excluding carboxylic acids is 1. The van der Waals surface area contributed by atoms with Crippen LogP contribution in [-0.2, 0) is 14.8 Å². The van der Waals surface area contributed by atoms with Crippen LogP contribution >= 0.6 is 11.6 Å². The molecule has 2 rings (SSSR count). The van der Waals surface area contributed by atoms with Gasteiger partial charge in [0, 0.05) is 5.56 Å². The first-order chi connectivity index (χ1) is 12.6. The van der Waals surface area contributed by atoms with E-state index in [1.165, 1.54) is 18.2 Å². The highest BCUT2D eigenvalue weighted by Crippen LogP contribution is 2.24. The molecule has 0 aliphatic heterocycles. The molecule has 0 aromatic heterocycles. The Labute approximate surface area is 162 Å². The average molecular weight is 412 g/mol. The summed E-state index contributed by atoms with van der Waals surface area (Å²) in [6.45, 7) is 3.16. The number of rotatable bonds is 6. The van der Waals surface area contributed by atoms with Gasteiger partial charge in [0.25, 0.3) is 5.91 Å². The summed E-state index contributed by atoms with van der Waals surface area (Å²) in [5.74, 6) is -1.27. The SMILES string of the molecule is Cc1cccc(N(CC(=O)NN=Cc2c(F)cccc2Cl)S(C)(=O)=O)c1C. The van der Waals surface area contributed by atoms with Crippen molar-refractivity contribution in [2.75, 3.05) is 17.1 Å². The summed E-state index contributed by atoms with van der Waals surface area (Å²) in [5.41, 5.74) is 4.27. The fourth-order valence-electron chi connectivity index (χ4n) is 2.36. The molecule has 0 heterocycles. The minimum atomic E-state index is -3.70. The normalized spacial score (nSPS) is 11.6. The van der Waals surface area contributed by atoms with Gasteiger partial charge in [-0.15, -0.1) is 0 Å². The third-order valence-electron chi connectivity index (χ3n) is 3.91. The second-order valence-corrected chi connectivity index (χ2v) is 8.23. The Kier molecular flexibility index (Phi) is 6.56. The topological polar surface area (TPSA) is 78.8 Å². The number of nitrogens with one attached hydrogen (secondary N) is 1. The number of hydrogen-bond donors (Lipinski definition) is 1. The Morgan fingerprint density at radius 3 is 2.56 bits per heavy atom. The standard InChI is InChI=1S/C18H19ClFN3O3S/c1-12-6-4-9-17(13(12)2)23(27(3,25)26)11-18(24)22-21-10-14-15(19)7-5-8-16(14)20/h4-10H,11H2,1-3H3,(H,22,24). The molecule has 0 spiro atoms. The van der Waals surface area contributed by atoms with E-state index in [0.717, 1.165) is 27.9 Å². The van der Waals surface area contributed by atoms with Crippen LogP contribution in [0, 0.1) is 19.7 Å². The summed E-state index contributed by atoms with van der Waals surface area (Å²) < 4.78 is 39.0. The molecule has 1 N–H and O–H groups in total. The summed E-state index contributed by atoms with van der Waals surface area (Å²) in [4.78, 5) is 12.2. The summed E-state index contributed by atoms with van der Waals surface area (Å²) in [6.07, 6.45) is 2.09. The zero-order chi connectivity index (χ0) is 20.2. The zero-order valence-corrected chi connectivity index (χ0v) is 16.6. The van der Waals surface area contributed by atoms with Crippen LogP contribution in [0.2, 0.25) is 5.02 Å². The number of benzene rings is 2. The molecule has 0 radical (unpaired) electrons. The zero-order valence-electron chi connectivity index (χ0n) is 15.0. The maximum atomic E-state index is 13.7. The molecule has 6 nitrogen and oxygen atoms in total. The Hall–Kier alpha value is -2.45. The van der Waals surface area contributed by atoms with Gasteiger partial charge in [-0.3, -0.25) is 9.10 Å². The number of hydrazone groups is 1. The highest BCUT2D eigenvalue weighted by molar-refractivity contribution is 7.92. The molecule has 0 aliphatic carbocycles. The van der Waals surface area contributed by atoms with Crippen molar-refractivity contribution < 1.29 is 17.6 Å². The minimum Gasteiger partial charge on any atom is -0.271 e. The lowest BCUT2D eigenvalue weighted by Crippen LogP contribution is -2.39. The molecule has 1 amide bonds. The molecule has 27 heavy (non-hydrogen) atoms. The number of halogens is 2. The molecule has 0 atom stereocenters. The molecule has 9 heteroatoms. The fourth-order valence-corrected chi connectivity index (χ4v) is 3.47. The van der Waals surface area contributed by atoms with Gasteiger partial charge in [-0.2, -0.15) is 5.10 Å². The molecule has 2 aromatic carbocycles. The van der Waals surface area contributed by atoms with Crippen molar-refractivity contribution >= 4 is 39.4 Å². The third-order valence-corrected chi connectivity index (χ3v) is 5.37. The smallest absolute Gasteiger partial charge is 0.260 e. The second kappa shape index (κ2) is 8.49. The molecule has 0 saturated heterocycles. The fraction of sp³-hybridized carbons (Fsp3) is 0.222. The monoisotopic (exact) mass is 411 g/mol. The Balaban J connectivity index is 2.18. The van der Waals surface area contributed by atoms with Gasteiger partial charge in [-0.1, -0.05) is 29.8 Å². The second-order valence-electron chi connectivity index (χ2n) is 5.92. The Morgan fingerprint density at radius 2 is 1.93 bits per heavy atom. The number of nitrogens with zero attached hydrogens (tertiary/aromatic N) is 2. The quantitative estimate of drug-likeness (QED) is 0.586. The molecule has 0 fully saturated rings. The van der Waals surface area contributed by atoms with Crippen LogP contribution in [-0.4, -0.2) is 33.3 Å². The molecule has 0 unspecified atom stereocenters. The largest absolute Gasteiger partial charge is 0.271 e. The van der Waals surface area contributed by atoms with E-state index in [1.807, 2.05) is 13.0 Å². The van der Waals surface area contributed by atoms with E-state index in [2.05, 4.69) is 10.5 Å². The highest BCUT2D eigenvalue weighted by Gasteiger charge is 2.22. The van der Waals surface area contributed by atoms with Gasteiger partial charge >= 0.3 is 0 Å². The van der Waals surface area contributed by atoms with Gasteiger partial charge in [-0.25, -0.2) is 18.2 Å². The molecule has 2 aromatic rings. The molecular formula is C18H19ClFN3O3S. The Morgan fingerprint density at radius 1 is 1.26 bits per heavy atom. The van der Waals surface area contributed by atoms with Crippen LogP contribution in [0.4, 0.5) is 10.1 Å². The van der Waals surface area contributed by atoms with Gasteiger partial charge in [0.2, 0.25) is 10.0 Å². The van der Waals surface area contributed by atoms with Crippen molar-refractivity contribution in [3.63, 3.8) is 0 Å². The van der Waals surface area contributed by atoms with Crippen molar-refractivity contribution in [2.24, 2.45) is 5.10 Å². The van der Waals surface area contributed by atoms with E-state index in [4.69, 9.17) is 11.6 Å². The lowest BCUT2D eigenvalue weighted by Gasteiger charge is -2.23. The van der Waals surface area contributed by atoms with E-state index in [0.29, 0.717) is 5.69 Å². The predicted octanol–water partition coefficient (Wildman–Crippen LogP) is 3.01.